The molecule has 0 unspecified atom stereocenters. The SMILES string of the molecule is COc1ccccc1CN1CCN(C(=O)c2cc(CC(C)C)nn2C)CC1. The molecule has 0 aliphatic carbocycles. The van der Waals surface area contributed by atoms with Crippen molar-refractivity contribution in [2.75, 3.05) is 33.3 Å². The Morgan fingerprint density at radius 3 is 2.56 bits per heavy atom. The molecule has 1 aromatic heterocycles. The third-order valence-electron chi connectivity index (χ3n) is 5.01. The number of ether oxygens (including phenoxy) is 1. The maximum atomic E-state index is 12.9. The predicted octanol–water partition coefficient (Wildman–Crippen LogP) is 2.59. The predicted molar refractivity (Wildman–Crippen MR) is 106 cm³/mol. The van der Waals surface area contributed by atoms with Crippen LogP contribution in [-0.4, -0.2) is 58.8 Å². The molecule has 0 radical (unpaired) electrons. The van der Waals surface area contributed by atoms with Crippen molar-refractivity contribution in [2.45, 2.75) is 26.8 Å². The first-order valence-corrected chi connectivity index (χ1v) is 9.64. The molecule has 1 saturated heterocycles. The summed E-state index contributed by atoms with van der Waals surface area (Å²) in [5.41, 5.74) is 2.86. The van der Waals surface area contributed by atoms with Gasteiger partial charge in [-0.25, -0.2) is 0 Å². The lowest BCUT2D eigenvalue weighted by Crippen LogP contribution is -2.48. The molecule has 6 nitrogen and oxygen atoms in total. The number of para-hydroxylation sites is 1. The third-order valence-corrected chi connectivity index (χ3v) is 5.01. The van der Waals surface area contributed by atoms with Gasteiger partial charge in [0.2, 0.25) is 0 Å². The van der Waals surface area contributed by atoms with Gasteiger partial charge in [0.05, 0.1) is 12.8 Å². The highest BCUT2D eigenvalue weighted by molar-refractivity contribution is 5.92. The molecule has 1 aliphatic rings. The summed E-state index contributed by atoms with van der Waals surface area (Å²) in [5, 5.41) is 4.50. The summed E-state index contributed by atoms with van der Waals surface area (Å²) in [4.78, 5) is 17.2. The maximum Gasteiger partial charge on any atom is 0.272 e. The van der Waals surface area contributed by atoms with E-state index in [9.17, 15) is 4.79 Å². The lowest BCUT2D eigenvalue weighted by molar-refractivity contribution is 0.0616. The fourth-order valence-electron chi connectivity index (χ4n) is 3.59. The highest BCUT2D eigenvalue weighted by atomic mass is 16.5. The molecule has 3 rings (SSSR count). The minimum Gasteiger partial charge on any atom is -0.496 e. The summed E-state index contributed by atoms with van der Waals surface area (Å²) in [5.74, 6) is 1.53. The van der Waals surface area contributed by atoms with E-state index in [4.69, 9.17) is 4.74 Å². The molecule has 6 heteroatoms. The van der Waals surface area contributed by atoms with E-state index in [1.807, 2.05) is 36.2 Å². The molecule has 2 heterocycles. The second-order valence-electron chi connectivity index (χ2n) is 7.62. The van der Waals surface area contributed by atoms with Crippen LogP contribution in [0.25, 0.3) is 0 Å². The Kier molecular flexibility index (Phi) is 6.16. The molecule has 146 valence electrons. The van der Waals surface area contributed by atoms with Gasteiger partial charge in [0.15, 0.2) is 0 Å². The van der Waals surface area contributed by atoms with Crippen LogP contribution >= 0.6 is 0 Å². The van der Waals surface area contributed by atoms with Crippen LogP contribution in [-0.2, 0) is 20.0 Å². The van der Waals surface area contributed by atoms with E-state index in [0.29, 0.717) is 11.6 Å². The summed E-state index contributed by atoms with van der Waals surface area (Å²) in [6, 6.07) is 10.1. The Labute approximate surface area is 161 Å². The van der Waals surface area contributed by atoms with E-state index in [2.05, 4.69) is 29.9 Å². The van der Waals surface area contributed by atoms with Crippen molar-refractivity contribution >= 4 is 5.91 Å². The number of methoxy groups -OCH3 is 1. The highest BCUT2D eigenvalue weighted by Gasteiger charge is 2.25. The van der Waals surface area contributed by atoms with Crippen LogP contribution in [0.2, 0.25) is 0 Å². The topological polar surface area (TPSA) is 50.6 Å². The molecule has 0 atom stereocenters. The Morgan fingerprint density at radius 2 is 1.89 bits per heavy atom. The number of rotatable bonds is 6. The Morgan fingerprint density at radius 1 is 1.19 bits per heavy atom. The third kappa shape index (κ3) is 4.69. The van der Waals surface area contributed by atoms with Gasteiger partial charge >= 0.3 is 0 Å². The summed E-state index contributed by atoms with van der Waals surface area (Å²) >= 11 is 0. The lowest BCUT2D eigenvalue weighted by atomic mass is 10.1. The zero-order valence-corrected chi connectivity index (χ0v) is 16.8. The van der Waals surface area contributed by atoms with E-state index in [1.54, 1.807) is 11.8 Å². The normalized spacial score (nSPS) is 15.4. The lowest BCUT2D eigenvalue weighted by Gasteiger charge is -2.34. The number of benzene rings is 1. The quantitative estimate of drug-likeness (QED) is 0.784. The molecule has 0 saturated carbocycles. The Hall–Kier alpha value is -2.34. The van der Waals surface area contributed by atoms with Gasteiger partial charge in [0.1, 0.15) is 11.4 Å². The van der Waals surface area contributed by atoms with Crippen LogP contribution in [0, 0.1) is 5.92 Å². The van der Waals surface area contributed by atoms with Gasteiger partial charge in [-0.3, -0.25) is 14.4 Å². The van der Waals surface area contributed by atoms with Gasteiger partial charge in [-0.1, -0.05) is 32.0 Å². The van der Waals surface area contributed by atoms with Gasteiger partial charge in [-0.05, 0) is 24.5 Å². The van der Waals surface area contributed by atoms with Crippen LogP contribution in [0.1, 0.15) is 35.6 Å². The van der Waals surface area contributed by atoms with Gasteiger partial charge in [0.25, 0.3) is 5.91 Å². The highest BCUT2D eigenvalue weighted by Crippen LogP contribution is 2.20. The van der Waals surface area contributed by atoms with Crippen molar-refractivity contribution in [3.63, 3.8) is 0 Å². The van der Waals surface area contributed by atoms with E-state index < -0.39 is 0 Å². The molecule has 1 aromatic carbocycles. The number of hydrogen-bond donors (Lipinski definition) is 0. The van der Waals surface area contributed by atoms with Gasteiger partial charge in [0, 0.05) is 45.3 Å². The van der Waals surface area contributed by atoms with Gasteiger partial charge in [-0.2, -0.15) is 5.10 Å². The van der Waals surface area contributed by atoms with Gasteiger partial charge < -0.3 is 9.64 Å². The first-order valence-electron chi connectivity index (χ1n) is 9.64. The molecule has 27 heavy (non-hydrogen) atoms. The molecule has 1 aliphatic heterocycles. The molecule has 0 N–H and O–H groups in total. The molecular weight excluding hydrogens is 340 g/mol. The standard InChI is InChI=1S/C21H30N4O2/c1-16(2)13-18-14-19(23(3)22-18)21(26)25-11-9-24(10-12-25)15-17-7-5-6-8-20(17)27-4/h5-8,14,16H,9-13,15H2,1-4H3. The van der Waals surface area contributed by atoms with Crippen molar-refractivity contribution in [1.29, 1.82) is 0 Å². The molecular formula is C21H30N4O2. The molecule has 1 fully saturated rings. The average Bonchev–Trinajstić information content (AvgIpc) is 3.01. The molecule has 2 aromatic rings. The van der Waals surface area contributed by atoms with Crippen molar-refractivity contribution in [3.05, 3.63) is 47.3 Å². The monoisotopic (exact) mass is 370 g/mol. The van der Waals surface area contributed by atoms with Crippen LogP contribution < -0.4 is 4.74 Å². The second kappa shape index (κ2) is 8.57. The number of carbonyl (C=O) groups is 1. The Balaban J connectivity index is 1.59. The molecule has 0 spiro atoms. The number of aryl methyl sites for hydroxylation is 1. The number of hydrogen-bond acceptors (Lipinski definition) is 4. The smallest absolute Gasteiger partial charge is 0.272 e. The minimum absolute atomic E-state index is 0.0805. The van der Waals surface area contributed by atoms with E-state index in [1.165, 1.54) is 5.56 Å². The number of aromatic nitrogens is 2. The zero-order chi connectivity index (χ0) is 19.4. The number of piperazine rings is 1. The number of carbonyl (C=O) groups excluding carboxylic acids is 1. The summed E-state index contributed by atoms with van der Waals surface area (Å²) in [6.45, 7) is 8.36. The van der Waals surface area contributed by atoms with Crippen molar-refractivity contribution in [3.8, 4) is 5.75 Å². The van der Waals surface area contributed by atoms with E-state index in [0.717, 1.165) is 50.6 Å². The summed E-state index contributed by atoms with van der Waals surface area (Å²) in [7, 11) is 3.56. The maximum absolute atomic E-state index is 12.9. The average molecular weight is 370 g/mol. The van der Waals surface area contributed by atoms with Crippen molar-refractivity contribution < 1.29 is 9.53 Å². The first kappa shape index (κ1) is 19.4. The van der Waals surface area contributed by atoms with Crippen molar-refractivity contribution in [1.82, 2.24) is 19.6 Å². The number of nitrogens with zero attached hydrogens (tertiary/aromatic N) is 4. The second-order valence-corrected chi connectivity index (χ2v) is 7.62. The first-order chi connectivity index (χ1) is 13.0. The van der Waals surface area contributed by atoms with Crippen LogP contribution in [0.15, 0.2) is 30.3 Å². The van der Waals surface area contributed by atoms with Crippen LogP contribution in [0.5, 0.6) is 5.75 Å². The fraction of sp³-hybridized carbons (Fsp3) is 0.524. The van der Waals surface area contributed by atoms with Crippen molar-refractivity contribution in [2.24, 2.45) is 13.0 Å². The van der Waals surface area contributed by atoms with E-state index in [-0.39, 0.29) is 5.91 Å². The minimum atomic E-state index is 0.0805. The fourth-order valence-corrected chi connectivity index (χ4v) is 3.59. The molecule has 1 amide bonds. The van der Waals surface area contributed by atoms with Crippen LogP contribution in [0.3, 0.4) is 0 Å². The molecule has 0 bridgehead atoms. The zero-order valence-electron chi connectivity index (χ0n) is 16.8. The summed E-state index contributed by atoms with van der Waals surface area (Å²) in [6.07, 6.45) is 0.897. The largest absolute Gasteiger partial charge is 0.496 e. The van der Waals surface area contributed by atoms with Crippen LogP contribution in [0.4, 0.5) is 0 Å². The van der Waals surface area contributed by atoms with Gasteiger partial charge in [-0.15, -0.1) is 0 Å². The summed E-state index contributed by atoms with van der Waals surface area (Å²) < 4.78 is 7.17. The number of amides is 1. The Bertz CT molecular complexity index is 776. The van der Waals surface area contributed by atoms with E-state index >= 15 is 0 Å².